The minimum absolute atomic E-state index is 0. The van der Waals surface area contributed by atoms with Gasteiger partial charge in [0.05, 0.1) is 5.84 Å². The molecule has 0 rings (SSSR count). The Bertz CT molecular complexity index is 30.6. The van der Waals surface area contributed by atoms with Crippen LogP contribution >= 0.6 is 0 Å². The van der Waals surface area contributed by atoms with E-state index in [0.29, 0.717) is 0 Å². The van der Waals surface area contributed by atoms with Gasteiger partial charge in [0.1, 0.15) is 0 Å². The molecule has 0 atom stereocenters. The summed E-state index contributed by atoms with van der Waals surface area (Å²) in [6.07, 6.45) is 0. The number of amidine groups is 1. The van der Waals surface area contributed by atoms with Gasteiger partial charge in [-0.3, -0.25) is 5.41 Å². The van der Waals surface area contributed by atoms with Gasteiger partial charge < -0.3 is 5.73 Å². The first-order valence-corrected chi connectivity index (χ1v) is 1.04. The van der Waals surface area contributed by atoms with Crippen molar-refractivity contribution in [3.8, 4) is 0 Å². The average molecular weight is 114 g/mol. The zero-order valence-corrected chi connectivity index (χ0v) is 4.04. The molecule has 0 aliphatic rings. The van der Waals surface area contributed by atoms with E-state index in [1.165, 1.54) is 6.92 Å². The van der Waals surface area contributed by atoms with Crippen molar-refractivity contribution in [3.63, 3.8) is 0 Å². The Morgan fingerprint density at radius 3 is 1.80 bits per heavy atom. The van der Waals surface area contributed by atoms with Gasteiger partial charge >= 0.3 is 0 Å². The summed E-state index contributed by atoms with van der Waals surface area (Å²) in [6, 6.07) is 0. The summed E-state index contributed by atoms with van der Waals surface area (Å²) in [5.74, 6) is 0.167. The van der Waals surface area contributed by atoms with Crippen LogP contribution in [0.3, 0.4) is 0 Å². The van der Waals surface area contributed by atoms with E-state index >= 15 is 0 Å². The zero-order valence-electron chi connectivity index (χ0n) is 2.93. The van der Waals surface area contributed by atoms with Crippen molar-refractivity contribution < 1.29 is 17.1 Å². The van der Waals surface area contributed by atoms with E-state index in [9.17, 15) is 0 Å². The normalized spacial score (nSPS) is 5.00. The molecule has 0 aromatic heterocycles. The number of hydrogen-bond acceptors (Lipinski definition) is 1. The van der Waals surface area contributed by atoms with Crippen molar-refractivity contribution in [1.82, 2.24) is 0 Å². The molecule has 0 fully saturated rings. The summed E-state index contributed by atoms with van der Waals surface area (Å²) in [6.45, 7) is 1.53. The van der Waals surface area contributed by atoms with Gasteiger partial charge in [0, 0.05) is 17.1 Å². The van der Waals surface area contributed by atoms with Crippen molar-refractivity contribution in [3.05, 3.63) is 0 Å². The fourth-order valence-corrected chi connectivity index (χ4v) is 0. The quantitative estimate of drug-likeness (QED) is 0.258. The number of hydrogen-bond donors (Lipinski definition) is 2. The Morgan fingerprint density at radius 1 is 1.80 bits per heavy atom. The monoisotopic (exact) mass is 114 g/mol. The third-order valence-electron chi connectivity index (χ3n) is 0. The van der Waals surface area contributed by atoms with Crippen molar-refractivity contribution in [1.29, 1.82) is 5.41 Å². The molecular weight excluding hydrogens is 108 g/mol. The van der Waals surface area contributed by atoms with Gasteiger partial charge in [-0.05, 0) is 6.92 Å². The van der Waals surface area contributed by atoms with E-state index in [4.69, 9.17) is 11.1 Å². The van der Waals surface area contributed by atoms with Gasteiger partial charge in [0.15, 0.2) is 0 Å². The Labute approximate surface area is 41.7 Å². The molecule has 0 aromatic carbocycles. The maximum Gasteiger partial charge on any atom is 0.0873 e. The van der Waals surface area contributed by atoms with Gasteiger partial charge in [0.25, 0.3) is 0 Å². The molecule has 0 saturated carbocycles. The first-order chi connectivity index (χ1) is 1.73. The fraction of sp³-hybridized carbons (Fsp3) is 0.500. The standard InChI is InChI=1S/C2H6N2.Fe/c1-2(3)4;/h1H3,(H3,3,4);. The summed E-state index contributed by atoms with van der Waals surface area (Å²) >= 11 is 0. The van der Waals surface area contributed by atoms with E-state index in [1.807, 2.05) is 0 Å². The molecular formula is C2H6FeN2. The van der Waals surface area contributed by atoms with Crippen LogP contribution in [0.4, 0.5) is 0 Å². The van der Waals surface area contributed by atoms with Crippen molar-refractivity contribution in [2.24, 2.45) is 5.73 Å². The Kier molecular flexibility index (Phi) is 7.09. The predicted octanol–water partition coefficient (Wildman–Crippen LogP) is -0.0602. The van der Waals surface area contributed by atoms with Crippen LogP contribution in [0.5, 0.6) is 0 Å². The Hall–Kier alpha value is -0.0105. The molecule has 0 aromatic rings. The smallest absolute Gasteiger partial charge is 0.0873 e. The molecule has 2 nitrogen and oxygen atoms in total. The largest absolute Gasteiger partial charge is 0.388 e. The first-order valence-electron chi connectivity index (χ1n) is 1.04. The maximum atomic E-state index is 6.28. The van der Waals surface area contributed by atoms with Crippen LogP contribution < -0.4 is 5.73 Å². The number of rotatable bonds is 0. The fourth-order valence-electron chi connectivity index (χ4n) is 0. The van der Waals surface area contributed by atoms with E-state index in [0.717, 1.165) is 0 Å². The number of nitrogens with one attached hydrogen (secondary N) is 1. The molecule has 5 heavy (non-hydrogen) atoms. The van der Waals surface area contributed by atoms with Crippen LogP contribution in [0.15, 0.2) is 0 Å². The SMILES string of the molecule is CC(=N)N.[Fe]. The van der Waals surface area contributed by atoms with E-state index in [-0.39, 0.29) is 22.9 Å². The molecule has 0 unspecified atom stereocenters. The summed E-state index contributed by atoms with van der Waals surface area (Å²) in [4.78, 5) is 0. The maximum absolute atomic E-state index is 6.28. The van der Waals surface area contributed by atoms with Crippen molar-refractivity contribution >= 4 is 5.84 Å². The minimum Gasteiger partial charge on any atom is -0.388 e. The predicted molar refractivity (Wildman–Crippen MR) is 17.6 cm³/mol. The topological polar surface area (TPSA) is 49.9 Å². The van der Waals surface area contributed by atoms with Crippen LogP contribution in [0.2, 0.25) is 0 Å². The Morgan fingerprint density at radius 2 is 1.80 bits per heavy atom. The van der Waals surface area contributed by atoms with E-state index in [1.54, 1.807) is 0 Å². The van der Waals surface area contributed by atoms with Crippen LogP contribution in [0.25, 0.3) is 0 Å². The second-order valence-electron chi connectivity index (χ2n) is 0.683. The summed E-state index contributed by atoms with van der Waals surface area (Å²) in [7, 11) is 0. The van der Waals surface area contributed by atoms with Gasteiger partial charge in [-0.1, -0.05) is 0 Å². The summed E-state index contributed by atoms with van der Waals surface area (Å²) in [5.41, 5.74) is 4.69. The van der Waals surface area contributed by atoms with Crippen molar-refractivity contribution in [2.75, 3.05) is 0 Å². The molecule has 3 N–H and O–H groups in total. The summed E-state index contributed by atoms with van der Waals surface area (Å²) < 4.78 is 0. The third-order valence-corrected chi connectivity index (χ3v) is 0. The molecule has 0 saturated heterocycles. The average Bonchev–Trinajstić information content (AvgIpc) is 0.811. The van der Waals surface area contributed by atoms with Gasteiger partial charge in [0.2, 0.25) is 0 Å². The summed E-state index contributed by atoms with van der Waals surface area (Å²) in [5, 5.41) is 6.28. The Balaban J connectivity index is 0. The molecule has 3 heteroatoms. The molecule has 0 bridgehead atoms. The van der Waals surface area contributed by atoms with Crippen LogP contribution in [0.1, 0.15) is 6.92 Å². The number of nitrogens with two attached hydrogens (primary N) is 1. The minimum atomic E-state index is 0. The zero-order chi connectivity index (χ0) is 3.58. The van der Waals surface area contributed by atoms with Crippen molar-refractivity contribution in [2.45, 2.75) is 6.92 Å². The van der Waals surface area contributed by atoms with E-state index < -0.39 is 0 Å². The molecule has 0 spiro atoms. The van der Waals surface area contributed by atoms with Gasteiger partial charge in [-0.25, -0.2) is 0 Å². The molecule has 32 valence electrons. The van der Waals surface area contributed by atoms with Crippen LogP contribution in [-0.2, 0) is 17.1 Å². The molecule has 0 amide bonds. The molecule has 0 heterocycles. The second-order valence-corrected chi connectivity index (χ2v) is 0.683. The van der Waals surface area contributed by atoms with Gasteiger partial charge in [-0.2, -0.15) is 0 Å². The van der Waals surface area contributed by atoms with E-state index in [2.05, 4.69) is 0 Å². The first kappa shape index (κ1) is 8.89. The third kappa shape index (κ3) is 143000. The molecule has 0 aliphatic carbocycles. The molecule has 0 radical (unpaired) electrons. The second kappa shape index (κ2) is 3.99. The van der Waals surface area contributed by atoms with Crippen LogP contribution in [0, 0.1) is 5.41 Å². The molecule has 0 aliphatic heterocycles. The van der Waals surface area contributed by atoms with Crippen LogP contribution in [-0.4, -0.2) is 5.84 Å². The van der Waals surface area contributed by atoms with Gasteiger partial charge in [-0.15, -0.1) is 0 Å².